The molecule has 6 rings (SSSR count). The van der Waals surface area contributed by atoms with E-state index in [4.69, 9.17) is 4.74 Å². The first-order valence-electron chi connectivity index (χ1n) is 18.6. The van der Waals surface area contributed by atoms with Gasteiger partial charge in [0.2, 0.25) is 0 Å². The predicted molar refractivity (Wildman–Crippen MR) is 207 cm³/mol. The van der Waals surface area contributed by atoms with Crippen LogP contribution in [0.3, 0.4) is 0 Å². The summed E-state index contributed by atoms with van der Waals surface area (Å²) < 4.78 is 7.52. The normalized spacial score (nSPS) is 11.8. The fourth-order valence-corrected chi connectivity index (χ4v) is 7.89. The summed E-state index contributed by atoms with van der Waals surface area (Å²) in [4.78, 5) is 0. The minimum atomic E-state index is 1.05. The molecular weight excluding hydrogens is 569 g/mol. The Labute approximate surface area is 283 Å². The summed E-state index contributed by atoms with van der Waals surface area (Å²) in [5.41, 5.74) is 8.29. The Bertz CT molecular complexity index is 1880. The highest BCUT2D eigenvalue weighted by atomic mass is 16.5. The fourth-order valence-electron chi connectivity index (χ4n) is 7.89. The van der Waals surface area contributed by atoms with Crippen LogP contribution in [-0.2, 0) is 25.7 Å². The first-order chi connectivity index (χ1) is 23.0. The van der Waals surface area contributed by atoms with Crippen molar-refractivity contribution in [1.29, 1.82) is 0 Å². The molecule has 0 atom stereocenters. The van der Waals surface area contributed by atoms with Crippen LogP contribution in [-0.4, -0.2) is 0 Å². The lowest BCUT2D eigenvalue weighted by molar-refractivity contribution is 0.486. The second-order valence-corrected chi connectivity index (χ2v) is 13.8. The van der Waals surface area contributed by atoms with Crippen LogP contribution >= 0.6 is 0 Å². The van der Waals surface area contributed by atoms with Gasteiger partial charge < -0.3 is 4.74 Å². The lowest BCUT2D eigenvalue weighted by Crippen LogP contribution is -2.03. The zero-order valence-corrected chi connectivity index (χ0v) is 29.8. The summed E-state index contributed by atoms with van der Waals surface area (Å²) >= 11 is 0. The zero-order valence-electron chi connectivity index (χ0n) is 29.8. The molecule has 0 amide bonds. The Morgan fingerprint density at radius 1 is 0.383 bits per heavy atom. The van der Waals surface area contributed by atoms with Crippen molar-refractivity contribution in [3.05, 3.63) is 106 Å². The minimum absolute atomic E-state index is 1.05. The van der Waals surface area contributed by atoms with Crippen LogP contribution in [0.25, 0.3) is 43.1 Å². The molecule has 0 aromatic heterocycles. The minimum Gasteiger partial charge on any atom is -0.455 e. The van der Waals surface area contributed by atoms with E-state index in [2.05, 4.69) is 114 Å². The van der Waals surface area contributed by atoms with E-state index in [1.807, 2.05) is 0 Å². The lowest BCUT2D eigenvalue weighted by atomic mass is 9.86. The van der Waals surface area contributed by atoms with Crippen LogP contribution in [0.2, 0.25) is 0 Å². The quantitative estimate of drug-likeness (QED) is 0.110. The molecule has 0 aliphatic heterocycles. The molecule has 0 fully saturated rings. The number of rotatable bonds is 14. The molecule has 0 saturated carbocycles. The number of benzene rings is 6. The van der Waals surface area contributed by atoms with E-state index in [-0.39, 0.29) is 0 Å². The number of fused-ring (bicyclic) bond motifs is 4. The van der Waals surface area contributed by atoms with Gasteiger partial charge in [-0.05, 0) is 131 Å². The highest BCUT2D eigenvalue weighted by Gasteiger charge is 2.23. The van der Waals surface area contributed by atoms with Crippen molar-refractivity contribution in [2.75, 3.05) is 0 Å². The van der Waals surface area contributed by atoms with Gasteiger partial charge in [0.1, 0.15) is 11.5 Å². The van der Waals surface area contributed by atoms with Gasteiger partial charge in [0.15, 0.2) is 0 Å². The van der Waals surface area contributed by atoms with Crippen LogP contribution < -0.4 is 4.74 Å². The zero-order chi connectivity index (χ0) is 32.9. The topological polar surface area (TPSA) is 9.23 Å². The van der Waals surface area contributed by atoms with Gasteiger partial charge in [-0.25, -0.2) is 0 Å². The molecule has 6 aromatic rings. The smallest absolute Gasteiger partial charge is 0.138 e. The second-order valence-electron chi connectivity index (χ2n) is 13.8. The van der Waals surface area contributed by atoms with Gasteiger partial charge in [0, 0.05) is 10.8 Å². The molecule has 244 valence electrons. The standard InChI is InChI=1S/C46H54O/c1-7-11-19-35-33-23-15-17-25-37(33)39(21-13-9-3)43-41(35)29-27-31(5)45(43)47-46-32(6)28-30-42-36(20-12-8-2)34-24-16-18-26-38(34)40(44(42)46)22-14-10-4/h15-18,23-30H,7-14,19-22H2,1-6H3. The number of aryl methyl sites for hydroxylation is 6. The average Bonchev–Trinajstić information content (AvgIpc) is 3.09. The average molecular weight is 623 g/mol. The third-order valence-electron chi connectivity index (χ3n) is 10.4. The molecule has 1 nitrogen and oxygen atoms in total. The van der Waals surface area contributed by atoms with Crippen LogP contribution in [0, 0.1) is 13.8 Å². The van der Waals surface area contributed by atoms with E-state index >= 15 is 0 Å². The Morgan fingerprint density at radius 3 is 1.04 bits per heavy atom. The Hall–Kier alpha value is -3.84. The van der Waals surface area contributed by atoms with Crippen molar-refractivity contribution in [2.24, 2.45) is 0 Å². The van der Waals surface area contributed by atoms with Crippen molar-refractivity contribution in [2.45, 2.75) is 119 Å². The van der Waals surface area contributed by atoms with Crippen molar-refractivity contribution in [1.82, 2.24) is 0 Å². The molecule has 6 aromatic carbocycles. The Kier molecular flexibility index (Phi) is 10.5. The molecular formula is C46H54O. The van der Waals surface area contributed by atoms with E-state index in [0.717, 1.165) is 37.2 Å². The number of hydrogen-bond donors (Lipinski definition) is 0. The molecule has 0 bridgehead atoms. The van der Waals surface area contributed by atoms with Gasteiger partial charge in [-0.15, -0.1) is 0 Å². The highest BCUT2D eigenvalue weighted by molar-refractivity contribution is 6.11. The highest BCUT2D eigenvalue weighted by Crippen LogP contribution is 2.47. The molecule has 0 saturated heterocycles. The summed E-state index contributed by atoms with van der Waals surface area (Å²) in [7, 11) is 0. The summed E-state index contributed by atoms with van der Waals surface area (Å²) in [6, 6.07) is 27.7. The molecule has 0 heterocycles. The summed E-state index contributed by atoms with van der Waals surface area (Å²) in [5.74, 6) is 2.11. The SMILES string of the molecule is CCCCc1c2ccccc2c(CCCC)c2c(Oc3c(C)ccc4c(CCCC)c5ccccc5c(CCCC)c34)c(C)ccc12. The largest absolute Gasteiger partial charge is 0.455 e. The predicted octanol–water partition coefficient (Wildman–Crippen LogP) is 14.1. The van der Waals surface area contributed by atoms with Crippen LogP contribution in [0.4, 0.5) is 0 Å². The molecule has 0 N–H and O–H groups in total. The number of hydrogen-bond acceptors (Lipinski definition) is 1. The molecule has 0 aliphatic rings. The van der Waals surface area contributed by atoms with Gasteiger partial charge >= 0.3 is 0 Å². The maximum Gasteiger partial charge on any atom is 0.138 e. The fraction of sp³-hybridized carbons (Fsp3) is 0.391. The number of unbranched alkanes of at least 4 members (excludes halogenated alkanes) is 4. The Morgan fingerprint density at radius 2 is 0.702 bits per heavy atom. The van der Waals surface area contributed by atoms with Crippen LogP contribution in [0.15, 0.2) is 72.8 Å². The molecule has 1 heteroatoms. The van der Waals surface area contributed by atoms with E-state index in [1.54, 1.807) is 0 Å². The van der Waals surface area contributed by atoms with E-state index in [1.165, 1.54) is 128 Å². The molecule has 0 aliphatic carbocycles. The monoisotopic (exact) mass is 622 g/mol. The summed E-state index contributed by atoms with van der Waals surface area (Å²) in [5, 5.41) is 11.1. The second kappa shape index (κ2) is 14.9. The van der Waals surface area contributed by atoms with Gasteiger partial charge in [0.25, 0.3) is 0 Å². The molecule has 0 spiro atoms. The van der Waals surface area contributed by atoms with E-state index in [0.29, 0.717) is 0 Å². The number of ether oxygens (including phenoxy) is 1. The third kappa shape index (κ3) is 6.27. The van der Waals surface area contributed by atoms with E-state index in [9.17, 15) is 0 Å². The Balaban J connectivity index is 1.70. The lowest BCUT2D eigenvalue weighted by Gasteiger charge is -2.24. The van der Waals surface area contributed by atoms with Crippen molar-refractivity contribution >= 4 is 43.1 Å². The van der Waals surface area contributed by atoms with Gasteiger partial charge in [0.05, 0.1) is 0 Å². The first-order valence-corrected chi connectivity index (χ1v) is 18.6. The third-order valence-corrected chi connectivity index (χ3v) is 10.4. The summed E-state index contributed by atoms with van der Waals surface area (Å²) in [6.45, 7) is 13.7. The molecule has 47 heavy (non-hydrogen) atoms. The van der Waals surface area contributed by atoms with Gasteiger partial charge in [-0.3, -0.25) is 0 Å². The van der Waals surface area contributed by atoms with Gasteiger partial charge in [-0.1, -0.05) is 126 Å². The first kappa shape index (κ1) is 33.1. The van der Waals surface area contributed by atoms with Crippen molar-refractivity contribution < 1.29 is 4.74 Å². The van der Waals surface area contributed by atoms with E-state index < -0.39 is 0 Å². The van der Waals surface area contributed by atoms with Crippen molar-refractivity contribution in [3.8, 4) is 11.5 Å². The van der Waals surface area contributed by atoms with Crippen LogP contribution in [0.5, 0.6) is 11.5 Å². The van der Waals surface area contributed by atoms with Crippen LogP contribution in [0.1, 0.15) is 112 Å². The summed E-state index contributed by atoms with van der Waals surface area (Å²) in [6.07, 6.45) is 13.7. The molecule has 0 unspecified atom stereocenters. The van der Waals surface area contributed by atoms with Crippen molar-refractivity contribution in [3.63, 3.8) is 0 Å². The maximum absolute atomic E-state index is 7.52. The van der Waals surface area contributed by atoms with Gasteiger partial charge in [-0.2, -0.15) is 0 Å². The molecule has 0 radical (unpaired) electrons. The maximum atomic E-state index is 7.52.